The summed E-state index contributed by atoms with van der Waals surface area (Å²) in [6.45, 7) is 6.93. The highest BCUT2D eigenvalue weighted by atomic mass is 19.1. The van der Waals surface area contributed by atoms with Gasteiger partial charge in [-0.15, -0.1) is 0 Å². The lowest BCUT2D eigenvalue weighted by Gasteiger charge is -2.27. The fourth-order valence-corrected chi connectivity index (χ4v) is 2.33. The van der Waals surface area contributed by atoms with Gasteiger partial charge >= 0.3 is 0 Å². The largest absolute Gasteiger partial charge is 0.339 e. The van der Waals surface area contributed by atoms with Crippen LogP contribution in [0.5, 0.6) is 0 Å². The Labute approximate surface area is 107 Å². The number of hydrogen-bond donors (Lipinski definition) is 0. The molecule has 0 radical (unpaired) electrons. The van der Waals surface area contributed by atoms with E-state index in [0.29, 0.717) is 16.7 Å². The molecule has 0 atom stereocenters. The second-order valence-electron chi connectivity index (χ2n) is 4.75. The van der Waals surface area contributed by atoms with Gasteiger partial charge in [-0.05, 0) is 49.4 Å². The maximum Gasteiger partial charge on any atom is 0.254 e. The van der Waals surface area contributed by atoms with Crippen LogP contribution in [0, 0.1) is 12.7 Å². The van der Waals surface area contributed by atoms with E-state index >= 15 is 0 Å². The first-order valence-corrected chi connectivity index (χ1v) is 6.35. The molecular formula is C15H18FNO. The molecule has 0 N–H and O–H groups in total. The predicted molar refractivity (Wildman–Crippen MR) is 71.0 cm³/mol. The van der Waals surface area contributed by atoms with Crippen LogP contribution in [0.25, 0.3) is 6.08 Å². The number of carbonyl (C=O) groups is 1. The first-order chi connectivity index (χ1) is 8.63. The molecule has 2 rings (SSSR count). The smallest absolute Gasteiger partial charge is 0.254 e. The number of amides is 1. The topological polar surface area (TPSA) is 20.3 Å². The molecule has 1 aliphatic heterocycles. The molecule has 0 bridgehead atoms. The number of nitrogens with zero attached hydrogens (tertiary/aromatic N) is 1. The maximum absolute atomic E-state index is 13.6. The molecule has 1 amide bonds. The molecule has 0 spiro atoms. The number of benzene rings is 1. The van der Waals surface area contributed by atoms with Crippen molar-refractivity contribution in [2.45, 2.75) is 26.2 Å². The fraction of sp³-hybridized carbons (Fsp3) is 0.400. The number of rotatable bonds is 2. The number of piperidine rings is 1. The highest BCUT2D eigenvalue weighted by Gasteiger charge is 2.21. The van der Waals surface area contributed by atoms with Crippen molar-refractivity contribution in [2.24, 2.45) is 0 Å². The van der Waals surface area contributed by atoms with Crippen molar-refractivity contribution < 1.29 is 9.18 Å². The quantitative estimate of drug-likeness (QED) is 0.784. The van der Waals surface area contributed by atoms with E-state index in [-0.39, 0.29) is 11.7 Å². The Morgan fingerprint density at radius 1 is 1.33 bits per heavy atom. The van der Waals surface area contributed by atoms with Gasteiger partial charge in [-0.25, -0.2) is 4.39 Å². The second kappa shape index (κ2) is 5.34. The van der Waals surface area contributed by atoms with Crippen LogP contribution in [0.15, 0.2) is 18.7 Å². The van der Waals surface area contributed by atoms with Gasteiger partial charge in [0.2, 0.25) is 0 Å². The van der Waals surface area contributed by atoms with Crippen LogP contribution in [0.4, 0.5) is 4.39 Å². The summed E-state index contributed by atoms with van der Waals surface area (Å²) in [5, 5.41) is 0. The number of aryl methyl sites for hydroxylation is 1. The molecule has 96 valence electrons. The normalized spacial score (nSPS) is 15.6. The van der Waals surface area contributed by atoms with E-state index in [1.807, 2.05) is 0 Å². The van der Waals surface area contributed by atoms with Crippen LogP contribution in [0.2, 0.25) is 0 Å². The molecule has 0 unspecified atom stereocenters. The molecule has 3 heteroatoms. The van der Waals surface area contributed by atoms with Crippen molar-refractivity contribution in [3.63, 3.8) is 0 Å². The molecule has 1 saturated heterocycles. The van der Waals surface area contributed by atoms with Crippen LogP contribution in [0.1, 0.15) is 40.7 Å². The monoisotopic (exact) mass is 247 g/mol. The van der Waals surface area contributed by atoms with Crippen LogP contribution in [-0.4, -0.2) is 23.9 Å². The van der Waals surface area contributed by atoms with Crippen LogP contribution >= 0.6 is 0 Å². The Hall–Kier alpha value is -1.64. The van der Waals surface area contributed by atoms with Crippen molar-refractivity contribution in [2.75, 3.05) is 13.1 Å². The number of carbonyl (C=O) groups excluding carboxylic acids is 1. The Balaban J connectivity index is 2.34. The molecule has 1 heterocycles. The summed E-state index contributed by atoms with van der Waals surface area (Å²) >= 11 is 0. The first kappa shape index (κ1) is 12.8. The molecule has 0 aliphatic carbocycles. The number of hydrogen-bond acceptors (Lipinski definition) is 1. The van der Waals surface area contributed by atoms with Crippen molar-refractivity contribution in [3.05, 3.63) is 41.2 Å². The van der Waals surface area contributed by atoms with E-state index in [1.165, 1.54) is 12.5 Å². The fourth-order valence-electron chi connectivity index (χ4n) is 2.33. The van der Waals surface area contributed by atoms with Crippen molar-refractivity contribution in [3.8, 4) is 0 Å². The molecule has 0 saturated carbocycles. The molecule has 1 aromatic carbocycles. The van der Waals surface area contributed by atoms with Gasteiger partial charge in [-0.1, -0.05) is 12.7 Å². The third kappa shape index (κ3) is 2.45. The van der Waals surface area contributed by atoms with E-state index in [1.54, 1.807) is 24.0 Å². The van der Waals surface area contributed by atoms with Crippen molar-refractivity contribution in [1.82, 2.24) is 4.90 Å². The third-order valence-corrected chi connectivity index (χ3v) is 3.42. The first-order valence-electron chi connectivity index (χ1n) is 6.35. The molecule has 0 aromatic heterocycles. The third-order valence-electron chi connectivity index (χ3n) is 3.42. The van der Waals surface area contributed by atoms with E-state index in [2.05, 4.69) is 6.58 Å². The molecule has 18 heavy (non-hydrogen) atoms. The summed E-state index contributed by atoms with van der Waals surface area (Å²) in [4.78, 5) is 14.2. The van der Waals surface area contributed by atoms with E-state index in [9.17, 15) is 9.18 Å². The summed E-state index contributed by atoms with van der Waals surface area (Å²) in [5.74, 6) is -0.413. The molecule has 1 aromatic rings. The van der Waals surface area contributed by atoms with Crippen LogP contribution in [0.3, 0.4) is 0 Å². The lowest BCUT2D eigenvalue weighted by Crippen LogP contribution is -2.36. The van der Waals surface area contributed by atoms with E-state index < -0.39 is 0 Å². The van der Waals surface area contributed by atoms with Gasteiger partial charge < -0.3 is 4.90 Å². The molecule has 1 aliphatic rings. The number of halogens is 1. The summed E-state index contributed by atoms with van der Waals surface area (Å²) in [6.07, 6.45) is 4.84. The maximum atomic E-state index is 13.6. The van der Waals surface area contributed by atoms with E-state index in [0.717, 1.165) is 25.9 Å². The van der Waals surface area contributed by atoms with Gasteiger partial charge in [0.25, 0.3) is 5.91 Å². The van der Waals surface area contributed by atoms with Gasteiger partial charge in [0.05, 0.1) is 0 Å². The minimum atomic E-state index is -0.332. The zero-order valence-electron chi connectivity index (χ0n) is 10.7. The predicted octanol–water partition coefficient (Wildman–Crippen LogP) is 3.40. The lowest BCUT2D eigenvalue weighted by molar-refractivity contribution is 0.0723. The SMILES string of the molecule is C=Cc1cc(C)c(F)cc1C(=O)N1CCCCC1. The zero-order chi connectivity index (χ0) is 13.1. The molecule has 2 nitrogen and oxygen atoms in total. The molecule has 1 fully saturated rings. The van der Waals surface area contributed by atoms with Crippen LogP contribution in [-0.2, 0) is 0 Å². The summed E-state index contributed by atoms with van der Waals surface area (Å²) in [6, 6.07) is 3.02. The summed E-state index contributed by atoms with van der Waals surface area (Å²) in [7, 11) is 0. The Morgan fingerprint density at radius 3 is 2.61 bits per heavy atom. The Bertz CT molecular complexity index is 476. The second-order valence-corrected chi connectivity index (χ2v) is 4.75. The van der Waals surface area contributed by atoms with Gasteiger partial charge in [0.1, 0.15) is 5.82 Å². The van der Waals surface area contributed by atoms with Gasteiger partial charge in [-0.2, -0.15) is 0 Å². The van der Waals surface area contributed by atoms with Crippen molar-refractivity contribution >= 4 is 12.0 Å². The van der Waals surface area contributed by atoms with E-state index in [4.69, 9.17) is 0 Å². The lowest BCUT2D eigenvalue weighted by atomic mass is 10.0. The number of likely N-dealkylation sites (tertiary alicyclic amines) is 1. The Kier molecular flexibility index (Phi) is 3.80. The zero-order valence-corrected chi connectivity index (χ0v) is 10.7. The highest BCUT2D eigenvalue weighted by molar-refractivity contribution is 5.97. The van der Waals surface area contributed by atoms with Crippen molar-refractivity contribution in [1.29, 1.82) is 0 Å². The Morgan fingerprint density at radius 2 is 2.00 bits per heavy atom. The van der Waals surface area contributed by atoms with Gasteiger partial charge in [0, 0.05) is 18.7 Å². The summed E-state index contributed by atoms with van der Waals surface area (Å²) < 4.78 is 13.6. The minimum Gasteiger partial charge on any atom is -0.339 e. The highest BCUT2D eigenvalue weighted by Crippen LogP contribution is 2.20. The van der Waals surface area contributed by atoms with Crippen LogP contribution < -0.4 is 0 Å². The molecular weight excluding hydrogens is 229 g/mol. The van der Waals surface area contributed by atoms with Gasteiger partial charge in [0.15, 0.2) is 0 Å². The average Bonchev–Trinajstić information content (AvgIpc) is 2.41. The average molecular weight is 247 g/mol. The summed E-state index contributed by atoms with van der Waals surface area (Å²) in [5.41, 5.74) is 1.68. The minimum absolute atomic E-state index is 0.0801. The standard InChI is InChI=1S/C15H18FNO/c1-3-12-9-11(2)14(16)10-13(12)15(18)17-7-5-4-6-8-17/h3,9-10H,1,4-8H2,2H3. The van der Waals surface area contributed by atoms with Gasteiger partial charge in [-0.3, -0.25) is 4.79 Å².